The molecule has 1 atom stereocenters. The Morgan fingerprint density at radius 2 is 2.03 bits per heavy atom. The second kappa shape index (κ2) is 9.57. The number of ether oxygens (including phenoxy) is 1. The number of anilines is 1. The van der Waals surface area contributed by atoms with E-state index in [1.165, 1.54) is 30.0 Å². The first-order chi connectivity index (χ1) is 15.0. The lowest BCUT2D eigenvalue weighted by atomic mass is 10.2. The number of carbonyl (C=O) groups is 1. The Kier molecular flexibility index (Phi) is 6.62. The third kappa shape index (κ3) is 5.29. The summed E-state index contributed by atoms with van der Waals surface area (Å²) in [7, 11) is 0. The van der Waals surface area contributed by atoms with Gasteiger partial charge < -0.3 is 10.1 Å². The Hall–Kier alpha value is -2.78. The van der Waals surface area contributed by atoms with Crippen molar-refractivity contribution in [3.8, 4) is 11.4 Å². The summed E-state index contributed by atoms with van der Waals surface area (Å²) in [6.45, 7) is 2.93. The lowest BCUT2D eigenvalue weighted by Crippen LogP contribution is -2.18. The molecular formula is C22H22F2N4O2S. The standard InChI is InChI=1S/C22H22F2N4O2S/c1-14-4-9-17(11-19(14)24)25-20(29)13-31-22-27-26-21(15-5-7-16(23)8-6-15)28(22)12-18-3-2-10-30-18/h4-9,11,18H,2-3,10,12-13H2,1H3,(H,25,29). The van der Waals surface area contributed by atoms with Crippen molar-refractivity contribution in [3.05, 3.63) is 59.7 Å². The average Bonchev–Trinajstić information content (AvgIpc) is 3.40. The molecule has 0 aliphatic carbocycles. The number of aromatic nitrogens is 3. The molecule has 1 aromatic heterocycles. The number of hydrogen-bond acceptors (Lipinski definition) is 5. The molecule has 0 saturated carbocycles. The first-order valence-electron chi connectivity index (χ1n) is 9.99. The molecule has 3 aromatic rings. The highest BCUT2D eigenvalue weighted by Crippen LogP contribution is 2.27. The van der Waals surface area contributed by atoms with Gasteiger partial charge in [-0.2, -0.15) is 0 Å². The lowest BCUT2D eigenvalue weighted by Gasteiger charge is -2.14. The van der Waals surface area contributed by atoms with Crippen molar-refractivity contribution in [1.82, 2.24) is 14.8 Å². The monoisotopic (exact) mass is 444 g/mol. The van der Waals surface area contributed by atoms with Gasteiger partial charge >= 0.3 is 0 Å². The first kappa shape index (κ1) is 21.5. The number of carbonyl (C=O) groups excluding carboxylic acids is 1. The highest BCUT2D eigenvalue weighted by Gasteiger charge is 2.22. The number of thioether (sulfide) groups is 1. The zero-order valence-electron chi connectivity index (χ0n) is 17.0. The van der Waals surface area contributed by atoms with Crippen LogP contribution in [-0.4, -0.2) is 39.1 Å². The minimum atomic E-state index is -0.370. The fourth-order valence-corrected chi connectivity index (χ4v) is 4.11. The molecule has 4 rings (SSSR count). The molecule has 1 aliphatic heterocycles. The van der Waals surface area contributed by atoms with Crippen LogP contribution in [0.2, 0.25) is 0 Å². The molecule has 1 unspecified atom stereocenters. The van der Waals surface area contributed by atoms with Crippen LogP contribution in [0.4, 0.5) is 14.5 Å². The van der Waals surface area contributed by atoms with Gasteiger partial charge in [-0.3, -0.25) is 9.36 Å². The van der Waals surface area contributed by atoms with Crippen LogP contribution >= 0.6 is 11.8 Å². The van der Waals surface area contributed by atoms with Crippen LogP contribution < -0.4 is 5.32 Å². The Morgan fingerprint density at radius 3 is 2.74 bits per heavy atom. The van der Waals surface area contributed by atoms with Crippen LogP contribution in [0.3, 0.4) is 0 Å². The molecule has 0 radical (unpaired) electrons. The predicted molar refractivity (Wildman–Crippen MR) is 115 cm³/mol. The van der Waals surface area contributed by atoms with Gasteiger partial charge in [0.25, 0.3) is 0 Å². The zero-order chi connectivity index (χ0) is 21.8. The van der Waals surface area contributed by atoms with Gasteiger partial charge in [-0.25, -0.2) is 8.78 Å². The SMILES string of the molecule is Cc1ccc(NC(=O)CSc2nnc(-c3ccc(F)cc3)n2CC2CCCO2)cc1F. The maximum absolute atomic E-state index is 13.7. The molecule has 9 heteroatoms. The van der Waals surface area contributed by atoms with Gasteiger partial charge in [0.05, 0.1) is 18.4 Å². The molecule has 1 saturated heterocycles. The highest BCUT2D eigenvalue weighted by atomic mass is 32.2. The second-order valence-electron chi connectivity index (χ2n) is 7.36. The Balaban J connectivity index is 1.49. The minimum Gasteiger partial charge on any atom is -0.376 e. The summed E-state index contributed by atoms with van der Waals surface area (Å²) in [5.74, 6) is -0.288. The average molecular weight is 445 g/mol. The fourth-order valence-electron chi connectivity index (χ4n) is 3.36. The molecular weight excluding hydrogens is 422 g/mol. The van der Waals surface area contributed by atoms with Crippen LogP contribution in [0, 0.1) is 18.6 Å². The van der Waals surface area contributed by atoms with Gasteiger partial charge in [0.15, 0.2) is 11.0 Å². The summed E-state index contributed by atoms with van der Waals surface area (Å²) in [4.78, 5) is 12.4. The van der Waals surface area contributed by atoms with Gasteiger partial charge in [0.2, 0.25) is 5.91 Å². The third-order valence-electron chi connectivity index (χ3n) is 5.02. The highest BCUT2D eigenvalue weighted by molar-refractivity contribution is 7.99. The fraction of sp³-hybridized carbons (Fsp3) is 0.318. The van der Waals surface area contributed by atoms with Crippen molar-refractivity contribution >= 4 is 23.4 Å². The molecule has 2 heterocycles. The van der Waals surface area contributed by atoms with Crippen molar-refractivity contribution in [2.45, 2.75) is 37.6 Å². The van der Waals surface area contributed by atoms with E-state index in [0.717, 1.165) is 25.0 Å². The molecule has 162 valence electrons. The summed E-state index contributed by atoms with van der Waals surface area (Å²) in [5.41, 5.74) is 1.66. The summed E-state index contributed by atoms with van der Waals surface area (Å²) >= 11 is 1.24. The molecule has 1 amide bonds. The van der Waals surface area contributed by atoms with Gasteiger partial charge in [-0.05, 0) is 61.7 Å². The topological polar surface area (TPSA) is 69.0 Å². The van der Waals surface area contributed by atoms with E-state index < -0.39 is 0 Å². The number of amides is 1. The molecule has 31 heavy (non-hydrogen) atoms. The van der Waals surface area contributed by atoms with E-state index in [0.29, 0.717) is 28.8 Å². The van der Waals surface area contributed by atoms with Crippen molar-refractivity contribution in [3.63, 3.8) is 0 Å². The summed E-state index contributed by atoms with van der Waals surface area (Å²) in [6.07, 6.45) is 1.97. The first-order valence-corrected chi connectivity index (χ1v) is 11.0. The van der Waals surface area contributed by atoms with Crippen LogP contribution in [0.25, 0.3) is 11.4 Å². The van der Waals surface area contributed by atoms with Crippen LogP contribution in [0.5, 0.6) is 0 Å². The number of nitrogens with one attached hydrogen (secondary N) is 1. The van der Waals surface area contributed by atoms with Crippen molar-refractivity contribution < 1.29 is 18.3 Å². The largest absolute Gasteiger partial charge is 0.376 e. The molecule has 1 aliphatic rings. The molecule has 1 N–H and O–H groups in total. The van der Waals surface area contributed by atoms with Gasteiger partial charge in [0.1, 0.15) is 11.6 Å². The van der Waals surface area contributed by atoms with E-state index in [1.807, 2.05) is 4.57 Å². The maximum atomic E-state index is 13.7. The van der Waals surface area contributed by atoms with E-state index in [1.54, 1.807) is 31.2 Å². The van der Waals surface area contributed by atoms with E-state index >= 15 is 0 Å². The van der Waals surface area contributed by atoms with Gasteiger partial charge in [0, 0.05) is 17.9 Å². The minimum absolute atomic E-state index is 0.0407. The summed E-state index contributed by atoms with van der Waals surface area (Å²) in [5, 5.41) is 11.8. The maximum Gasteiger partial charge on any atom is 0.234 e. The zero-order valence-corrected chi connectivity index (χ0v) is 17.8. The molecule has 0 spiro atoms. The normalized spacial score (nSPS) is 15.9. The van der Waals surface area contributed by atoms with Crippen LogP contribution in [-0.2, 0) is 16.1 Å². The summed E-state index contributed by atoms with van der Waals surface area (Å²) in [6, 6.07) is 10.6. The van der Waals surface area contributed by atoms with Crippen LogP contribution in [0.1, 0.15) is 18.4 Å². The lowest BCUT2D eigenvalue weighted by molar-refractivity contribution is -0.113. The number of aryl methyl sites for hydroxylation is 1. The Labute approximate surface area is 183 Å². The number of nitrogens with zero attached hydrogens (tertiary/aromatic N) is 3. The Bertz CT molecular complexity index is 1070. The van der Waals surface area contributed by atoms with E-state index in [4.69, 9.17) is 4.74 Å². The van der Waals surface area contributed by atoms with Crippen molar-refractivity contribution in [2.75, 3.05) is 17.7 Å². The number of halogens is 2. The summed E-state index contributed by atoms with van der Waals surface area (Å²) < 4.78 is 34.7. The number of benzene rings is 2. The van der Waals surface area contributed by atoms with E-state index in [9.17, 15) is 13.6 Å². The second-order valence-corrected chi connectivity index (χ2v) is 8.30. The van der Waals surface area contributed by atoms with Crippen molar-refractivity contribution in [2.24, 2.45) is 0 Å². The number of hydrogen-bond donors (Lipinski definition) is 1. The predicted octanol–water partition coefficient (Wildman–Crippen LogP) is 4.44. The molecule has 1 fully saturated rings. The smallest absolute Gasteiger partial charge is 0.234 e. The van der Waals surface area contributed by atoms with E-state index in [-0.39, 0.29) is 29.4 Å². The molecule has 2 aromatic carbocycles. The quantitative estimate of drug-likeness (QED) is 0.546. The molecule has 0 bridgehead atoms. The number of rotatable bonds is 7. The van der Waals surface area contributed by atoms with Gasteiger partial charge in [-0.15, -0.1) is 10.2 Å². The molecule has 6 nitrogen and oxygen atoms in total. The van der Waals surface area contributed by atoms with Crippen molar-refractivity contribution in [1.29, 1.82) is 0 Å². The van der Waals surface area contributed by atoms with Crippen LogP contribution in [0.15, 0.2) is 47.6 Å². The Morgan fingerprint density at radius 1 is 1.23 bits per heavy atom. The third-order valence-corrected chi connectivity index (χ3v) is 5.98. The van der Waals surface area contributed by atoms with E-state index in [2.05, 4.69) is 15.5 Å². The van der Waals surface area contributed by atoms with Gasteiger partial charge in [-0.1, -0.05) is 17.8 Å².